The highest BCUT2D eigenvalue weighted by molar-refractivity contribution is 9.10. The predicted octanol–water partition coefficient (Wildman–Crippen LogP) is 3.51. The number of nitrogens with one attached hydrogen (secondary N) is 1. The number of rotatable bonds is 2. The van der Waals surface area contributed by atoms with E-state index in [0.717, 1.165) is 24.4 Å². The summed E-state index contributed by atoms with van der Waals surface area (Å²) in [5.41, 5.74) is -0.681. The average Bonchev–Trinajstić information content (AvgIpc) is 2.33. The van der Waals surface area contributed by atoms with Gasteiger partial charge in [-0.1, -0.05) is 15.9 Å². The lowest BCUT2D eigenvalue weighted by atomic mass is 10.2. The molecule has 1 aromatic carbocycles. The molecule has 1 heterocycles. The molecule has 0 aliphatic heterocycles. The zero-order chi connectivity index (χ0) is 14.0. The van der Waals surface area contributed by atoms with Crippen LogP contribution in [0, 0.1) is 17.6 Å². The van der Waals surface area contributed by atoms with E-state index in [1.165, 1.54) is 6.07 Å². The van der Waals surface area contributed by atoms with E-state index in [-0.39, 0.29) is 10.0 Å². The van der Waals surface area contributed by atoms with Crippen LogP contribution < -0.4 is 5.32 Å². The Morgan fingerprint density at radius 1 is 1.16 bits per heavy atom. The Balaban J connectivity index is 2.29. The highest BCUT2D eigenvalue weighted by Crippen LogP contribution is 2.24. The first-order chi connectivity index (χ1) is 8.97. The van der Waals surface area contributed by atoms with Gasteiger partial charge in [-0.15, -0.1) is 0 Å². The fourth-order valence-electron chi connectivity index (χ4n) is 1.39. The van der Waals surface area contributed by atoms with E-state index in [1.54, 1.807) is 0 Å². The second-order valence-electron chi connectivity index (χ2n) is 3.57. The number of halogens is 4. The highest BCUT2D eigenvalue weighted by atomic mass is 79.9. The molecule has 1 amide bonds. The smallest absolute Gasteiger partial charge is 0.256 e. The van der Waals surface area contributed by atoms with Gasteiger partial charge in [-0.3, -0.25) is 4.79 Å². The van der Waals surface area contributed by atoms with Crippen molar-refractivity contribution in [2.45, 2.75) is 0 Å². The Hall–Kier alpha value is -1.89. The molecule has 0 saturated heterocycles. The normalized spacial score (nSPS) is 10.3. The van der Waals surface area contributed by atoms with Crippen molar-refractivity contribution < 1.29 is 18.0 Å². The SMILES string of the molecule is O=C(Nc1c(F)cc(Br)cc1F)c1ccnc(F)c1. The minimum absolute atomic E-state index is 0.0887. The zero-order valence-electron chi connectivity index (χ0n) is 9.25. The third-order valence-electron chi connectivity index (χ3n) is 2.23. The van der Waals surface area contributed by atoms with Crippen molar-refractivity contribution in [3.05, 3.63) is 58.1 Å². The van der Waals surface area contributed by atoms with Crippen molar-refractivity contribution in [2.24, 2.45) is 0 Å². The van der Waals surface area contributed by atoms with Gasteiger partial charge in [-0.25, -0.2) is 13.8 Å². The van der Waals surface area contributed by atoms with Gasteiger partial charge in [0.1, 0.15) is 5.69 Å². The maximum atomic E-state index is 13.5. The number of pyridine rings is 1. The molecule has 0 spiro atoms. The van der Waals surface area contributed by atoms with E-state index in [9.17, 15) is 18.0 Å². The predicted molar refractivity (Wildman–Crippen MR) is 66.2 cm³/mol. The number of nitrogens with zero attached hydrogens (tertiary/aromatic N) is 1. The average molecular weight is 331 g/mol. The maximum Gasteiger partial charge on any atom is 0.256 e. The van der Waals surface area contributed by atoms with Crippen molar-refractivity contribution in [1.82, 2.24) is 4.98 Å². The highest BCUT2D eigenvalue weighted by Gasteiger charge is 2.15. The summed E-state index contributed by atoms with van der Waals surface area (Å²) in [6.45, 7) is 0. The van der Waals surface area contributed by atoms with Crippen LogP contribution in [0.2, 0.25) is 0 Å². The molecule has 7 heteroatoms. The molecule has 3 nitrogen and oxygen atoms in total. The lowest BCUT2D eigenvalue weighted by Gasteiger charge is -2.08. The lowest BCUT2D eigenvalue weighted by Crippen LogP contribution is -2.14. The maximum absolute atomic E-state index is 13.5. The summed E-state index contributed by atoms with van der Waals surface area (Å²) in [7, 11) is 0. The van der Waals surface area contributed by atoms with Crippen LogP contribution >= 0.6 is 15.9 Å². The van der Waals surface area contributed by atoms with Crippen LogP contribution in [-0.2, 0) is 0 Å². The van der Waals surface area contributed by atoms with Crippen LogP contribution in [0.4, 0.5) is 18.9 Å². The number of anilines is 1. The Labute approximate surface area is 114 Å². The molecule has 0 aliphatic rings. The molecule has 0 fully saturated rings. The molecule has 2 rings (SSSR count). The fraction of sp³-hybridized carbons (Fsp3) is 0. The molecule has 1 N–H and O–H groups in total. The number of aromatic nitrogens is 1. The molecule has 0 radical (unpaired) electrons. The number of carbonyl (C=O) groups excluding carboxylic acids is 1. The molecule has 0 unspecified atom stereocenters. The Morgan fingerprint density at radius 2 is 1.79 bits per heavy atom. The van der Waals surface area contributed by atoms with Gasteiger partial charge >= 0.3 is 0 Å². The summed E-state index contributed by atoms with van der Waals surface area (Å²) >= 11 is 2.92. The van der Waals surface area contributed by atoms with Crippen molar-refractivity contribution >= 4 is 27.5 Å². The van der Waals surface area contributed by atoms with Crippen LogP contribution in [0.1, 0.15) is 10.4 Å². The molecule has 1 aromatic heterocycles. The molecular formula is C12H6BrF3N2O. The van der Waals surface area contributed by atoms with Crippen LogP contribution in [0.25, 0.3) is 0 Å². The Morgan fingerprint density at radius 3 is 2.37 bits per heavy atom. The molecule has 2 aromatic rings. The van der Waals surface area contributed by atoms with Crippen molar-refractivity contribution in [3.8, 4) is 0 Å². The van der Waals surface area contributed by atoms with Crippen LogP contribution in [0.5, 0.6) is 0 Å². The summed E-state index contributed by atoms with van der Waals surface area (Å²) in [5.74, 6) is -3.56. The van der Waals surface area contributed by atoms with Crippen LogP contribution in [-0.4, -0.2) is 10.9 Å². The Kier molecular flexibility index (Phi) is 3.84. The quantitative estimate of drug-likeness (QED) is 0.856. The molecule has 0 aliphatic carbocycles. The number of hydrogen-bond donors (Lipinski definition) is 1. The molecule has 0 saturated carbocycles. The van der Waals surface area contributed by atoms with Gasteiger partial charge in [0.05, 0.1) is 0 Å². The summed E-state index contributed by atoms with van der Waals surface area (Å²) in [5, 5.41) is 2.04. The molecule has 19 heavy (non-hydrogen) atoms. The fourth-order valence-corrected chi connectivity index (χ4v) is 1.79. The second-order valence-corrected chi connectivity index (χ2v) is 4.48. The minimum Gasteiger partial charge on any atom is -0.317 e. The number of benzene rings is 1. The van der Waals surface area contributed by atoms with Crippen LogP contribution in [0.15, 0.2) is 34.9 Å². The summed E-state index contributed by atoms with van der Waals surface area (Å²) < 4.78 is 40.0. The molecule has 0 bridgehead atoms. The third-order valence-corrected chi connectivity index (χ3v) is 2.69. The second kappa shape index (κ2) is 5.40. The monoisotopic (exact) mass is 330 g/mol. The number of amides is 1. The van der Waals surface area contributed by atoms with Gasteiger partial charge in [0.2, 0.25) is 5.95 Å². The van der Waals surface area contributed by atoms with Crippen molar-refractivity contribution in [1.29, 1.82) is 0 Å². The minimum atomic E-state index is -0.935. The van der Waals surface area contributed by atoms with E-state index in [2.05, 4.69) is 20.9 Å². The largest absolute Gasteiger partial charge is 0.317 e. The van der Waals surface area contributed by atoms with Crippen molar-refractivity contribution in [2.75, 3.05) is 5.32 Å². The van der Waals surface area contributed by atoms with E-state index < -0.39 is 29.2 Å². The van der Waals surface area contributed by atoms with Gasteiger partial charge in [0.25, 0.3) is 5.91 Å². The standard InChI is InChI=1S/C12H6BrF3N2O/c13-7-4-8(14)11(9(15)5-7)18-12(19)6-1-2-17-10(16)3-6/h1-5H,(H,18,19). The first kappa shape index (κ1) is 13.5. The van der Waals surface area contributed by atoms with Gasteiger partial charge in [-0.05, 0) is 18.2 Å². The topological polar surface area (TPSA) is 42.0 Å². The van der Waals surface area contributed by atoms with E-state index in [0.29, 0.717) is 0 Å². The number of carbonyl (C=O) groups is 1. The van der Waals surface area contributed by atoms with Crippen LogP contribution in [0.3, 0.4) is 0 Å². The lowest BCUT2D eigenvalue weighted by molar-refractivity contribution is 0.102. The molecule has 0 atom stereocenters. The summed E-state index contributed by atoms with van der Waals surface area (Å²) in [6, 6.07) is 4.11. The number of hydrogen-bond acceptors (Lipinski definition) is 2. The Bertz CT molecular complexity index is 626. The zero-order valence-corrected chi connectivity index (χ0v) is 10.8. The summed E-state index contributed by atoms with van der Waals surface area (Å²) in [4.78, 5) is 15.0. The van der Waals surface area contributed by atoms with Gasteiger partial charge in [0.15, 0.2) is 11.6 Å². The first-order valence-electron chi connectivity index (χ1n) is 5.05. The van der Waals surface area contributed by atoms with E-state index >= 15 is 0 Å². The van der Waals surface area contributed by atoms with E-state index in [1.807, 2.05) is 5.32 Å². The van der Waals surface area contributed by atoms with E-state index in [4.69, 9.17) is 0 Å². The molecule has 98 valence electrons. The van der Waals surface area contributed by atoms with Gasteiger partial charge in [-0.2, -0.15) is 4.39 Å². The van der Waals surface area contributed by atoms with Gasteiger partial charge in [0, 0.05) is 22.3 Å². The first-order valence-corrected chi connectivity index (χ1v) is 5.84. The molecular weight excluding hydrogens is 325 g/mol. The van der Waals surface area contributed by atoms with Crippen molar-refractivity contribution in [3.63, 3.8) is 0 Å². The summed E-state index contributed by atoms with van der Waals surface area (Å²) in [6.07, 6.45) is 1.08. The third kappa shape index (κ3) is 3.11. The van der Waals surface area contributed by atoms with Gasteiger partial charge < -0.3 is 5.32 Å².